The Kier molecular flexibility index (Phi) is 5.30. The molecular formula is C13H24N4O2. The maximum Gasteiger partial charge on any atom is 0.226 e. The number of nitrogens with two attached hydrogens (primary N) is 1. The van der Waals surface area contributed by atoms with Gasteiger partial charge in [0.15, 0.2) is 0 Å². The van der Waals surface area contributed by atoms with Crippen molar-refractivity contribution in [3.8, 4) is 0 Å². The zero-order valence-electron chi connectivity index (χ0n) is 11.8. The summed E-state index contributed by atoms with van der Waals surface area (Å²) in [6.45, 7) is 7.61. The molecule has 0 spiro atoms. The summed E-state index contributed by atoms with van der Waals surface area (Å²) < 4.78 is 11.0. The van der Waals surface area contributed by atoms with Gasteiger partial charge in [-0.2, -0.15) is 4.98 Å². The van der Waals surface area contributed by atoms with Crippen molar-refractivity contribution in [1.82, 2.24) is 15.0 Å². The van der Waals surface area contributed by atoms with Crippen LogP contribution in [0.2, 0.25) is 0 Å². The Morgan fingerprint density at radius 2 is 2.26 bits per heavy atom. The van der Waals surface area contributed by atoms with Crippen molar-refractivity contribution < 1.29 is 9.26 Å². The summed E-state index contributed by atoms with van der Waals surface area (Å²) in [5.74, 6) is 1.36. The van der Waals surface area contributed by atoms with Gasteiger partial charge in [0.25, 0.3) is 0 Å². The van der Waals surface area contributed by atoms with Gasteiger partial charge in [-0.25, -0.2) is 0 Å². The Morgan fingerprint density at radius 1 is 1.42 bits per heavy atom. The predicted molar refractivity (Wildman–Crippen MR) is 71.7 cm³/mol. The van der Waals surface area contributed by atoms with Gasteiger partial charge in [0.1, 0.15) is 6.10 Å². The normalized spacial score (nSPS) is 21.2. The molecule has 1 fully saturated rings. The van der Waals surface area contributed by atoms with Crippen molar-refractivity contribution >= 4 is 0 Å². The molecular weight excluding hydrogens is 244 g/mol. The van der Waals surface area contributed by atoms with Crippen LogP contribution in [0.25, 0.3) is 0 Å². The second-order valence-corrected chi connectivity index (χ2v) is 5.24. The van der Waals surface area contributed by atoms with E-state index in [1.54, 1.807) is 0 Å². The van der Waals surface area contributed by atoms with E-state index in [1.807, 2.05) is 0 Å². The first-order valence-corrected chi connectivity index (χ1v) is 7.09. The zero-order chi connectivity index (χ0) is 13.7. The first-order valence-electron chi connectivity index (χ1n) is 7.09. The third-order valence-corrected chi connectivity index (χ3v) is 3.44. The number of hydrogen-bond acceptors (Lipinski definition) is 6. The van der Waals surface area contributed by atoms with Crippen molar-refractivity contribution in [2.24, 2.45) is 5.73 Å². The summed E-state index contributed by atoms with van der Waals surface area (Å²) >= 11 is 0. The number of unbranched alkanes of at least 4 members (excludes halogenated alkanes) is 1. The first-order chi connectivity index (χ1) is 9.20. The molecule has 1 saturated heterocycles. The molecule has 2 rings (SSSR count). The fourth-order valence-electron chi connectivity index (χ4n) is 2.22. The van der Waals surface area contributed by atoms with E-state index >= 15 is 0 Å². The fraction of sp³-hybridized carbons (Fsp3) is 0.846. The Hall–Kier alpha value is -0.980. The fourth-order valence-corrected chi connectivity index (χ4v) is 2.22. The van der Waals surface area contributed by atoms with Crippen LogP contribution >= 0.6 is 0 Å². The third kappa shape index (κ3) is 3.99. The van der Waals surface area contributed by atoms with Crippen molar-refractivity contribution in [3.63, 3.8) is 0 Å². The smallest absolute Gasteiger partial charge is 0.226 e. The highest BCUT2D eigenvalue weighted by atomic mass is 16.5. The number of ether oxygens (including phenoxy) is 1. The molecule has 2 heterocycles. The Bertz CT molecular complexity index is 380. The molecule has 0 radical (unpaired) electrons. The van der Waals surface area contributed by atoms with E-state index in [-0.39, 0.29) is 6.10 Å². The molecule has 0 aromatic carbocycles. The zero-order valence-corrected chi connectivity index (χ0v) is 11.8. The van der Waals surface area contributed by atoms with Crippen LogP contribution in [0.1, 0.15) is 44.5 Å². The second-order valence-electron chi connectivity index (χ2n) is 5.24. The number of nitrogens with zero attached hydrogens (tertiary/aromatic N) is 3. The van der Waals surface area contributed by atoms with Crippen molar-refractivity contribution in [2.75, 3.05) is 26.2 Å². The molecule has 0 saturated carbocycles. The Morgan fingerprint density at radius 3 is 3.00 bits per heavy atom. The molecule has 1 aliphatic rings. The molecule has 1 aromatic rings. The van der Waals surface area contributed by atoms with Gasteiger partial charge in [-0.1, -0.05) is 5.16 Å². The Balaban J connectivity index is 1.90. The summed E-state index contributed by atoms with van der Waals surface area (Å²) in [5, 5.41) is 4.04. The van der Waals surface area contributed by atoms with Crippen molar-refractivity contribution in [2.45, 2.75) is 45.3 Å². The van der Waals surface area contributed by atoms with Gasteiger partial charge in [0.2, 0.25) is 11.7 Å². The van der Waals surface area contributed by atoms with E-state index in [9.17, 15) is 0 Å². The first kappa shape index (κ1) is 14.4. The van der Waals surface area contributed by atoms with Gasteiger partial charge >= 0.3 is 0 Å². The van der Waals surface area contributed by atoms with Crippen LogP contribution in [-0.2, 0) is 11.2 Å². The van der Waals surface area contributed by atoms with Crippen LogP contribution in [0.15, 0.2) is 4.52 Å². The molecule has 0 amide bonds. The van der Waals surface area contributed by atoms with E-state index in [4.69, 9.17) is 15.0 Å². The van der Waals surface area contributed by atoms with Crippen molar-refractivity contribution in [3.05, 3.63) is 11.7 Å². The maximum absolute atomic E-state index is 5.74. The summed E-state index contributed by atoms with van der Waals surface area (Å²) in [4.78, 5) is 6.80. The van der Waals surface area contributed by atoms with Gasteiger partial charge in [0.05, 0.1) is 6.61 Å². The van der Waals surface area contributed by atoms with Gasteiger partial charge < -0.3 is 15.0 Å². The number of aryl methyl sites for hydroxylation is 1. The second kappa shape index (κ2) is 6.98. The van der Waals surface area contributed by atoms with E-state index in [2.05, 4.69) is 28.9 Å². The molecule has 6 heteroatoms. The molecule has 1 unspecified atom stereocenters. The predicted octanol–water partition coefficient (Wildman–Crippen LogP) is 1.13. The number of hydrogen-bond donors (Lipinski definition) is 1. The quantitative estimate of drug-likeness (QED) is 0.779. The summed E-state index contributed by atoms with van der Waals surface area (Å²) in [7, 11) is 0. The lowest BCUT2D eigenvalue weighted by Crippen LogP contribution is -2.42. The number of aromatic nitrogens is 2. The van der Waals surface area contributed by atoms with E-state index < -0.39 is 0 Å². The van der Waals surface area contributed by atoms with Crippen LogP contribution < -0.4 is 5.73 Å². The van der Waals surface area contributed by atoms with E-state index in [1.165, 1.54) is 0 Å². The molecule has 6 nitrogen and oxygen atoms in total. The molecule has 1 aromatic heterocycles. The molecule has 108 valence electrons. The van der Waals surface area contributed by atoms with Gasteiger partial charge in [-0.3, -0.25) is 4.90 Å². The van der Waals surface area contributed by atoms with Crippen LogP contribution in [0.3, 0.4) is 0 Å². The van der Waals surface area contributed by atoms with Gasteiger partial charge in [0, 0.05) is 25.6 Å². The minimum Gasteiger partial charge on any atom is -0.367 e. The van der Waals surface area contributed by atoms with E-state index in [0.717, 1.165) is 39.0 Å². The summed E-state index contributed by atoms with van der Waals surface area (Å²) in [6.07, 6.45) is 2.70. The molecule has 1 aliphatic heterocycles. The largest absolute Gasteiger partial charge is 0.367 e. The molecule has 1 atom stereocenters. The minimum absolute atomic E-state index is 0.0665. The van der Waals surface area contributed by atoms with Crippen LogP contribution in [-0.4, -0.2) is 47.3 Å². The number of rotatable bonds is 6. The van der Waals surface area contributed by atoms with Gasteiger partial charge in [-0.15, -0.1) is 0 Å². The molecule has 19 heavy (non-hydrogen) atoms. The summed E-state index contributed by atoms with van der Waals surface area (Å²) in [6, 6.07) is 0.516. The third-order valence-electron chi connectivity index (χ3n) is 3.44. The highest BCUT2D eigenvalue weighted by Gasteiger charge is 2.27. The molecule has 0 bridgehead atoms. The van der Waals surface area contributed by atoms with Gasteiger partial charge in [-0.05, 0) is 33.2 Å². The summed E-state index contributed by atoms with van der Waals surface area (Å²) in [5.41, 5.74) is 5.47. The van der Waals surface area contributed by atoms with Crippen molar-refractivity contribution in [1.29, 1.82) is 0 Å². The maximum atomic E-state index is 5.74. The topological polar surface area (TPSA) is 77.4 Å². The van der Waals surface area contributed by atoms with Crippen LogP contribution in [0.4, 0.5) is 0 Å². The van der Waals surface area contributed by atoms with E-state index in [0.29, 0.717) is 24.3 Å². The Labute approximate surface area is 114 Å². The highest BCUT2D eigenvalue weighted by molar-refractivity contribution is 4.94. The lowest BCUT2D eigenvalue weighted by molar-refractivity contribution is -0.0450. The van der Waals surface area contributed by atoms with Crippen LogP contribution in [0.5, 0.6) is 0 Å². The average molecular weight is 268 g/mol. The average Bonchev–Trinajstić information content (AvgIpc) is 2.88. The SMILES string of the molecule is CC(C)N1CCOC(c2noc(CCCCN)n2)C1. The molecule has 2 N–H and O–H groups in total. The minimum atomic E-state index is -0.0665. The lowest BCUT2D eigenvalue weighted by atomic mass is 10.2. The van der Waals surface area contributed by atoms with Crippen LogP contribution in [0, 0.1) is 0 Å². The molecule has 0 aliphatic carbocycles. The standard InChI is InChI=1S/C13H24N4O2/c1-10(2)17-7-8-18-11(9-17)13-15-12(19-16-13)5-3-4-6-14/h10-11H,3-9,14H2,1-2H3. The number of morpholine rings is 1. The lowest BCUT2D eigenvalue weighted by Gasteiger charge is -2.34. The highest BCUT2D eigenvalue weighted by Crippen LogP contribution is 2.21. The monoisotopic (exact) mass is 268 g/mol.